The molecule has 64 heavy (non-hydrogen) atoms. The summed E-state index contributed by atoms with van der Waals surface area (Å²) in [5.41, 5.74) is 16.5. The molecule has 0 aliphatic carbocycles. The van der Waals surface area contributed by atoms with Crippen LogP contribution in [0.5, 0.6) is 0 Å². The van der Waals surface area contributed by atoms with E-state index < -0.39 is 0 Å². The molecule has 4 nitrogen and oxygen atoms in total. The summed E-state index contributed by atoms with van der Waals surface area (Å²) in [5, 5.41) is 24.1. The number of rotatable bonds is 10. The van der Waals surface area contributed by atoms with E-state index in [4.69, 9.17) is 0 Å². The molecule has 4 heteroatoms. The second kappa shape index (κ2) is 17.9. The Hall–Kier alpha value is -8.44. The molecule has 0 saturated heterocycles. The van der Waals surface area contributed by atoms with Gasteiger partial charge in [-0.05, 0) is 135 Å². The average Bonchev–Trinajstić information content (AvgIpc) is 3.32. The van der Waals surface area contributed by atoms with Crippen molar-refractivity contribution in [1.29, 1.82) is 10.5 Å². The van der Waals surface area contributed by atoms with Crippen molar-refractivity contribution in [3.63, 3.8) is 0 Å². The quantitative estimate of drug-likeness (QED) is 0.102. The molecule has 0 atom stereocenters. The maximum absolute atomic E-state index is 10.5. The van der Waals surface area contributed by atoms with Crippen LogP contribution in [0.15, 0.2) is 182 Å². The average molecular weight is 823 g/mol. The first-order chi connectivity index (χ1) is 31.2. The van der Waals surface area contributed by atoms with Crippen molar-refractivity contribution in [3.05, 3.63) is 238 Å². The lowest BCUT2D eigenvalue weighted by molar-refractivity contribution is 1.27. The fraction of sp³-hybridized carbons (Fsp3) is 0.0667. The molecule has 0 N–H and O–H groups in total. The highest BCUT2D eigenvalue weighted by Gasteiger charge is 2.16. The van der Waals surface area contributed by atoms with Crippen molar-refractivity contribution in [2.45, 2.75) is 27.7 Å². The molecule has 0 radical (unpaired) electrons. The van der Waals surface area contributed by atoms with Crippen molar-refractivity contribution in [1.82, 2.24) is 0 Å². The van der Waals surface area contributed by atoms with Gasteiger partial charge >= 0.3 is 0 Å². The fourth-order valence-corrected chi connectivity index (χ4v) is 8.24. The van der Waals surface area contributed by atoms with Crippen LogP contribution in [0.1, 0.15) is 55.6 Å². The standard InChI is InChI=1S/C60H46N4/c1-41-5-23-49(24-6-41)63(50-25-7-42(2)8-26-50)53-31-17-45(18-32-53)13-15-47-21-35-55-57(37-47)59(39-61)56-36-22-48(38-58(56)60(55)40-62)16-14-46-19-33-54(34-20-46)64(51-27-9-43(3)10-28-51)52-29-11-44(4)12-30-52/h5-38H,1-4H3. The Bertz CT molecular complexity index is 2960. The third-order valence-electron chi connectivity index (χ3n) is 11.8. The van der Waals surface area contributed by atoms with Gasteiger partial charge < -0.3 is 9.80 Å². The van der Waals surface area contributed by atoms with Gasteiger partial charge in [0.15, 0.2) is 0 Å². The van der Waals surface area contributed by atoms with E-state index >= 15 is 0 Å². The van der Waals surface area contributed by atoms with Gasteiger partial charge in [0.05, 0.1) is 11.1 Å². The smallest absolute Gasteiger partial charge is 0.100 e. The summed E-state index contributed by atoms with van der Waals surface area (Å²) in [5.74, 6) is 0. The molecule has 9 aromatic rings. The minimum absolute atomic E-state index is 0.564. The largest absolute Gasteiger partial charge is 0.311 e. The summed E-state index contributed by atoms with van der Waals surface area (Å²) in [6.45, 7) is 8.41. The first-order valence-electron chi connectivity index (χ1n) is 21.5. The van der Waals surface area contributed by atoms with Crippen LogP contribution in [-0.2, 0) is 0 Å². The van der Waals surface area contributed by atoms with Crippen LogP contribution in [0.25, 0.3) is 45.8 Å². The van der Waals surface area contributed by atoms with Gasteiger partial charge in [0.1, 0.15) is 12.1 Å². The predicted molar refractivity (Wildman–Crippen MR) is 270 cm³/mol. The number of anilines is 6. The molecule has 0 heterocycles. The molecule has 306 valence electrons. The maximum atomic E-state index is 10.5. The number of aryl methyl sites for hydroxylation is 4. The highest BCUT2D eigenvalue weighted by Crippen LogP contribution is 2.38. The van der Waals surface area contributed by atoms with E-state index in [-0.39, 0.29) is 0 Å². The predicted octanol–water partition coefficient (Wildman–Crippen LogP) is 16.3. The number of hydrogen-bond acceptors (Lipinski definition) is 4. The van der Waals surface area contributed by atoms with Crippen molar-refractivity contribution in [3.8, 4) is 12.1 Å². The summed E-state index contributed by atoms with van der Waals surface area (Å²) in [7, 11) is 0. The second-order valence-corrected chi connectivity index (χ2v) is 16.4. The Morgan fingerprint density at radius 3 is 0.797 bits per heavy atom. The fourth-order valence-electron chi connectivity index (χ4n) is 8.24. The van der Waals surface area contributed by atoms with Crippen LogP contribution >= 0.6 is 0 Å². The Morgan fingerprint density at radius 2 is 0.531 bits per heavy atom. The summed E-state index contributed by atoms with van der Waals surface area (Å²) < 4.78 is 0. The molecular formula is C60H46N4. The number of benzene rings is 9. The van der Waals surface area contributed by atoms with Crippen molar-refractivity contribution >= 4 is 80.0 Å². The van der Waals surface area contributed by atoms with E-state index in [9.17, 15) is 10.5 Å². The number of fused-ring (bicyclic) bond motifs is 2. The van der Waals surface area contributed by atoms with Gasteiger partial charge in [-0.25, -0.2) is 0 Å². The Morgan fingerprint density at radius 1 is 0.297 bits per heavy atom. The zero-order valence-corrected chi connectivity index (χ0v) is 36.4. The first kappa shape index (κ1) is 40.9. The van der Waals surface area contributed by atoms with Crippen molar-refractivity contribution in [2.24, 2.45) is 0 Å². The van der Waals surface area contributed by atoms with Crippen molar-refractivity contribution in [2.75, 3.05) is 9.80 Å². The molecule has 0 spiro atoms. The zero-order chi connectivity index (χ0) is 44.2. The van der Waals surface area contributed by atoms with Crippen LogP contribution in [-0.4, -0.2) is 0 Å². The minimum atomic E-state index is 0.564. The number of nitriles is 2. The van der Waals surface area contributed by atoms with Crippen LogP contribution in [0.4, 0.5) is 34.1 Å². The van der Waals surface area contributed by atoms with Crippen LogP contribution in [0.3, 0.4) is 0 Å². The summed E-state index contributed by atoms with van der Waals surface area (Å²) in [4.78, 5) is 4.53. The Balaban J connectivity index is 0.971. The highest BCUT2D eigenvalue weighted by molar-refractivity contribution is 6.10. The lowest BCUT2D eigenvalue weighted by Gasteiger charge is -2.25. The molecule has 9 aromatic carbocycles. The molecule has 0 saturated carbocycles. The van der Waals surface area contributed by atoms with Gasteiger partial charge in [-0.3, -0.25) is 0 Å². The van der Waals surface area contributed by atoms with Gasteiger partial charge in [0.2, 0.25) is 0 Å². The zero-order valence-electron chi connectivity index (χ0n) is 36.4. The summed E-state index contributed by atoms with van der Waals surface area (Å²) in [6, 6.07) is 68.4. The third-order valence-corrected chi connectivity index (χ3v) is 11.8. The van der Waals surface area contributed by atoms with Gasteiger partial charge in [0, 0.05) is 55.7 Å². The molecule has 0 aliphatic heterocycles. The molecule has 0 aromatic heterocycles. The monoisotopic (exact) mass is 822 g/mol. The van der Waals surface area contributed by atoms with E-state index in [1.165, 1.54) is 22.3 Å². The van der Waals surface area contributed by atoms with Gasteiger partial charge in [-0.15, -0.1) is 0 Å². The molecular weight excluding hydrogens is 777 g/mol. The molecule has 9 rings (SSSR count). The maximum Gasteiger partial charge on any atom is 0.100 e. The summed E-state index contributed by atoms with van der Waals surface area (Å²) >= 11 is 0. The molecule has 0 aliphatic rings. The highest BCUT2D eigenvalue weighted by atomic mass is 15.1. The SMILES string of the molecule is Cc1ccc(N(c2ccc(C)cc2)c2ccc(C=Cc3ccc4c(C#N)c5cc(C=Cc6ccc(N(c7ccc(C)cc7)c7ccc(C)cc7)cc6)ccc5c(C#N)c4c3)cc2)cc1. The van der Waals surface area contributed by atoms with Crippen molar-refractivity contribution < 1.29 is 0 Å². The van der Waals surface area contributed by atoms with E-state index in [0.717, 1.165) is 77.9 Å². The number of hydrogen-bond donors (Lipinski definition) is 0. The normalized spacial score (nSPS) is 11.3. The second-order valence-electron chi connectivity index (χ2n) is 16.4. The van der Waals surface area contributed by atoms with E-state index in [2.05, 4.69) is 220 Å². The topological polar surface area (TPSA) is 54.1 Å². The van der Waals surface area contributed by atoms with E-state index in [1.807, 2.05) is 36.4 Å². The minimum Gasteiger partial charge on any atom is -0.311 e. The lowest BCUT2D eigenvalue weighted by Crippen LogP contribution is -2.09. The Labute approximate surface area is 376 Å². The van der Waals surface area contributed by atoms with Gasteiger partial charge in [0.25, 0.3) is 0 Å². The van der Waals surface area contributed by atoms with Crippen LogP contribution in [0.2, 0.25) is 0 Å². The molecule has 0 amide bonds. The van der Waals surface area contributed by atoms with Gasteiger partial charge in [-0.1, -0.05) is 144 Å². The third kappa shape index (κ3) is 8.55. The Kier molecular flexibility index (Phi) is 11.4. The summed E-state index contributed by atoms with van der Waals surface area (Å²) in [6.07, 6.45) is 8.29. The molecule has 0 unspecified atom stereocenters. The van der Waals surface area contributed by atoms with E-state index in [1.54, 1.807) is 0 Å². The lowest BCUT2D eigenvalue weighted by atomic mass is 9.90. The van der Waals surface area contributed by atoms with Gasteiger partial charge in [-0.2, -0.15) is 10.5 Å². The molecule has 0 fully saturated rings. The van der Waals surface area contributed by atoms with Crippen LogP contribution in [0, 0.1) is 50.4 Å². The number of nitrogens with zero attached hydrogens (tertiary/aromatic N) is 4. The first-order valence-corrected chi connectivity index (χ1v) is 21.5. The van der Waals surface area contributed by atoms with E-state index in [0.29, 0.717) is 11.1 Å². The van der Waals surface area contributed by atoms with Crippen LogP contribution < -0.4 is 9.80 Å². The molecule has 0 bridgehead atoms.